The van der Waals surface area contributed by atoms with Gasteiger partial charge in [-0.2, -0.15) is 0 Å². The molecule has 0 spiro atoms. The standard InChI is InChI=1S/C35H39N7O6/c1-22(2)32(38-30(44)19-18-24-12-6-4-7-13-24)35(48)36-23(3)34(47)37-28(20-31(45)46)29(43)21-42-33(39-40-41-42)27-17-11-10-16-26(27)25-14-8-5-9-15-25/h4-17,22-23,28,32H,18-21H2,1-3H3,(H,36,48)(H,37,47)(H,38,44)(H,45,46)/t23-,28?,32-/m0/s1. The van der Waals surface area contributed by atoms with E-state index in [1.807, 2.05) is 84.9 Å². The smallest absolute Gasteiger partial charge is 0.305 e. The van der Waals surface area contributed by atoms with Crippen LogP contribution in [0.3, 0.4) is 0 Å². The Morgan fingerprint density at radius 2 is 1.40 bits per heavy atom. The molecule has 3 aromatic carbocycles. The van der Waals surface area contributed by atoms with Crippen molar-refractivity contribution in [3.63, 3.8) is 0 Å². The summed E-state index contributed by atoms with van der Waals surface area (Å²) in [5, 5.41) is 29.1. The zero-order valence-electron chi connectivity index (χ0n) is 27.0. The third-order valence-corrected chi connectivity index (χ3v) is 7.68. The van der Waals surface area contributed by atoms with Crippen molar-refractivity contribution in [3.05, 3.63) is 90.5 Å². The van der Waals surface area contributed by atoms with E-state index in [2.05, 4.69) is 31.5 Å². The Labute approximate surface area is 278 Å². The molecule has 250 valence electrons. The topological polar surface area (TPSA) is 185 Å². The maximum atomic E-state index is 13.4. The Kier molecular flexibility index (Phi) is 12.2. The van der Waals surface area contributed by atoms with Gasteiger partial charge in [0, 0.05) is 12.0 Å². The molecule has 1 unspecified atom stereocenters. The molecule has 1 heterocycles. The third kappa shape index (κ3) is 9.64. The molecule has 4 rings (SSSR count). The first-order valence-electron chi connectivity index (χ1n) is 15.6. The van der Waals surface area contributed by atoms with Crippen molar-refractivity contribution < 1.29 is 29.1 Å². The average Bonchev–Trinajstić information content (AvgIpc) is 3.54. The molecule has 3 atom stereocenters. The van der Waals surface area contributed by atoms with Gasteiger partial charge in [0.25, 0.3) is 0 Å². The molecule has 0 aliphatic carbocycles. The van der Waals surface area contributed by atoms with Gasteiger partial charge >= 0.3 is 5.97 Å². The van der Waals surface area contributed by atoms with Crippen LogP contribution in [0, 0.1) is 5.92 Å². The number of carboxylic acid groups (broad SMARTS) is 1. The van der Waals surface area contributed by atoms with Crippen molar-refractivity contribution in [2.24, 2.45) is 5.92 Å². The van der Waals surface area contributed by atoms with E-state index < -0.39 is 54.7 Å². The number of ketones is 1. The molecule has 0 saturated heterocycles. The van der Waals surface area contributed by atoms with E-state index in [-0.39, 0.29) is 24.1 Å². The highest BCUT2D eigenvalue weighted by Gasteiger charge is 2.30. The molecule has 0 fully saturated rings. The SMILES string of the molecule is CC(C)[C@H](NC(=O)CCc1ccccc1)C(=O)N[C@@H](C)C(=O)NC(CC(=O)O)C(=O)Cn1nnnc1-c1ccccc1-c1ccccc1. The van der Waals surface area contributed by atoms with Crippen LogP contribution in [0.2, 0.25) is 0 Å². The molecule has 4 N–H and O–H groups in total. The quantitative estimate of drug-likeness (QED) is 0.141. The van der Waals surface area contributed by atoms with Crippen LogP contribution >= 0.6 is 0 Å². The third-order valence-electron chi connectivity index (χ3n) is 7.68. The summed E-state index contributed by atoms with van der Waals surface area (Å²) in [6.45, 7) is 4.51. The summed E-state index contributed by atoms with van der Waals surface area (Å²) in [5.74, 6) is -3.64. The highest BCUT2D eigenvalue weighted by Crippen LogP contribution is 2.30. The lowest BCUT2D eigenvalue weighted by Crippen LogP contribution is -2.56. The van der Waals surface area contributed by atoms with Crippen LogP contribution in [-0.4, -0.2) is 72.9 Å². The minimum absolute atomic E-state index is 0.177. The van der Waals surface area contributed by atoms with Gasteiger partial charge in [0.05, 0.1) is 12.5 Å². The van der Waals surface area contributed by atoms with Crippen LogP contribution in [0.1, 0.15) is 39.2 Å². The number of tetrazole rings is 1. The molecule has 13 heteroatoms. The number of aromatic nitrogens is 4. The fourth-order valence-electron chi connectivity index (χ4n) is 5.08. The predicted molar refractivity (Wildman–Crippen MR) is 177 cm³/mol. The van der Waals surface area contributed by atoms with Gasteiger partial charge < -0.3 is 21.1 Å². The number of Topliss-reactive ketones (excluding diaryl/α,β-unsaturated/α-hetero) is 1. The monoisotopic (exact) mass is 653 g/mol. The van der Waals surface area contributed by atoms with Crippen molar-refractivity contribution in [2.75, 3.05) is 0 Å². The first-order valence-corrected chi connectivity index (χ1v) is 15.6. The number of nitrogens with one attached hydrogen (secondary N) is 3. The second-order valence-corrected chi connectivity index (χ2v) is 11.7. The number of aliphatic carboxylic acids is 1. The summed E-state index contributed by atoms with van der Waals surface area (Å²) in [7, 11) is 0. The van der Waals surface area contributed by atoms with E-state index >= 15 is 0 Å². The minimum Gasteiger partial charge on any atom is -0.481 e. The maximum absolute atomic E-state index is 13.4. The first-order chi connectivity index (χ1) is 23.0. The summed E-state index contributed by atoms with van der Waals surface area (Å²) >= 11 is 0. The number of amides is 3. The summed E-state index contributed by atoms with van der Waals surface area (Å²) < 4.78 is 1.25. The molecule has 0 bridgehead atoms. The van der Waals surface area contributed by atoms with E-state index in [0.29, 0.717) is 12.0 Å². The van der Waals surface area contributed by atoms with Crippen molar-refractivity contribution in [3.8, 4) is 22.5 Å². The second kappa shape index (κ2) is 16.7. The number of carbonyl (C=O) groups excluding carboxylic acids is 4. The van der Waals surface area contributed by atoms with Crippen LogP contribution < -0.4 is 16.0 Å². The van der Waals surface area contributed by atoms with E-state index in [4.69, 9.17) is 0 Å². The summed E-state index contributed by atoms with van der Waals surface area (Å²) in [4.78, 5) is 64.0. The number of rotatable bonds is 16. The maximum Gasteiger partial charge on any atom is 0.305 e. The van der Waals surface area contributed by atoms with Gasteiger partial charge in [-0.15, -0.1) is 5.10 Å². The number of carboxylic acids is 1. The van der Waals surface area contributed by atoms with Gasteiger partial charge in [-0.1, -0.05) is 98.8 Å². The molecule has 0 aliphatic heterocycles. The number of nitrogens with zero attached hydrogens (tertiary/aromatic N) is 4. The van der Waals surface area contributed by atoms with E-state index in [1.54, 1.807) is 13.8 Å². The molecule has 1 aromatic heterocycles. The molecule has 0 saturated carbocycles. The normalized spacial score (nSPS) is 12.8. The molecule has 0 aliphatic rings. The van der Waals surface area contributed by atoms with Crippen LogP contribution in [0.4, 0.5) is 0 Å². The molecule has 4 aromatic rings. The van der Waals surface area contributed by atoms with Gasteiger partial charge in [0.15, 0.2) is 11.6 Å². The van der Waals surface area contributed by atoms with Crippen LogP contribution in [-0.2, 0) is 36.9 Å². The molecule has 48 heavy (non-hydrogen) atoms. The lowest BCUT2D eigenvalue weighted by Gasteiger charge is -2.25. The first kappa shape index (κ1) is 35.1. The van der Waals surface area contributed by atoms with E-state index in [9.17, 15) is 29.1 Å². The van der Waals surface area contributed by atoms with Crippen LogP contribution in [0.25, 0.3) is 22.5 Å². The van der Waals surface area contributed by atoms with Crippen molar-refractivity contribution in [2.45, 2.75) is 64.7 Å². The highest BCUT2D eigenvalue weighted by molar-refractivity contribution is 5.96. The average molecular weight is 654 g/mol. The van der Waals surface area contributed by atoms with Crippen molar-refractivity contribution in [1.82, 2.24) is 36.2 Å². The van der Waals surface area contributed by atoms with Gasteiger partial charge in [0.2, 0.25) is 17.7 Å². The molecular weight excluding hydrogens is 614 g/mol. The van der Waals surface area contributed by atoms with E-state index in [1.165, 1.54) is 11.6 Å². The Morgan fingerprint density at radius 3 is 2.04 bits per heavy atom. The molecule has 3 amide bonds. The summed E-state index contributed by atoms with van der Waals surface area (Å²) in [6.07, 6.45) is -0.0195. The fraction of sp³-hybridized carbons (Fsp3) is 0.314. The van der Waals surface area contributed by atoms with Crippen molar-refractivity contribution >= 4 is 29.5 Å². The Morgan fingerprint density at radius 1 is 0.771 bits per heavy atom. The molecule has 0 radical (unpaired) electrons. The summed E-state index contributed by atoms with van der Waals surface area (Å²) in [5.41, 5.74) is 3.38. The van der Waals surface area contributed by atoms with Gasteiger partial charge in [0.1, 0.15) is 18.6 Å². The largest absolute Gasteiger partial charge is 0.481 e. The fourth-order valence-corrected chi connectivity index (χ4v) is 5.08. The number of aryl methyl sites for hydroxylation is 1. The van der Waals surface area contributed by atoms with Gasteiger partial charge in [-0.3, -0.25) is 24.0 Å². The zero-order valence-corrected chi connectivity index (χ0v) is 27.0. The summed E-state index contributed by atoms with van der Waals surface area (Å²) in [6, 6.07) is 22.9. The molecular formula is C35H39N7O6. The number of hydrogen-bond acceptors (Lipinski definition) is 8. The van der Waals surface area contributed by atoms with Crippen LogP contribution in [0.15, 0.2) is 84.9 Å². The van der Waals surface area contributed by atoms with E-state index in [0.717, 1.165) is 16.7 Å². The van der Waals surface area contributed by atoms with Crippen LogP contribution in [0.5, 0.6) is 0 Å². The second-order valence-electron chi connectivity index (χ2n) is 11.7. The van der Waals surface area contributed by atoms with Gasteiger partial charge in [-0.25, -0.2) is 4.68 Å². The Bertz CT molecular complexity index is 1730. The zero-order chi connectivity index (χ0) is 34.6. The number of hydrogen-bond donors (Lipinski definition) is 4. The van der Waals surface area contributed by atoms with Crippen molar-refractivity contribution in [1.29, 1.82) is 0 Å². The lowest BCUT2D eigenvalue weighted by atomic mass is 9.99. The lowest BCUT2D eigenvalue weighted by molar-refractivity contribution is -0.140. The Balaban J connectivity index is 1.40. The Hall–Kier alpha value is -5.72. The minimum atomic E-state index is -1.44. The molecule has 13 nitrogen and oxygen atoms in total. The number of carbonyl (C=O) groups is 5. The number of benzene rings is 3. The van der Waals surface area contributed by atoms with Gasteiger partial charge in [-0.05, 0) is 46.4 Å². The predicted octanol–water partition coefficient (Wildman–Crippen LogP) is 2.81. The highest BCUT2D eigenvalue weighted by atomic mass is 16.4.